The number of morpholine rings is 1. The molecule has 0 saturated carbocycles. The number of ether oxygens (including phenoxy) is 1. The lowest BCUT2D eigenvalue weighted by molar-refractivity contribution is -0.00583. The molecule has 3 aromatic rings. The highest BCUT2D eigenvalue weighted by atomic mass is 35.5. The first-order valence-corrected chi connectivity index (χ1v) is 9.95. The zero-order valence-electron chi connectivity index (χ0n) is 16.9. The summed E-state index contributed by atoms with van der Waals surface area (Å²) in [6.45, 7) is 5.47. The topological polar surface area (TPSA) is 74.3 Å². The van der Waals surface area contributed by atoms with Gasteiger partial charge in [-0.05, 0) is 25.5 Å². The second kappa shape index (κ2) is 7.35. The van der Waals surface area contributed by atoms with Crippen molar-refractivity contribution in [2.45, 2.75) is 32.6 Å². The Balaban J connectivity index is 1.87. The van der Waals surface area contributed by atoms with Crippen molar-refractivity contribution in [2.75, 3.05) is 18.0 Å². The lowest BCUT2D eigenvalue weighted by Crippen LogP contribution is -2.46. The third kappa shape index (κ3) is 3.36. The molecule has 0 bridgehead atoms. The summed E-state index contributed by atoms with van der Waals surface area (Å²) < 4.78 is 10.2. The number of imidazole rings is 1. The largest absolute Gasteiger partial charge is 0.372 e. The fourth-order valence-electron chi connectivity index (χ4n) is 3.99. The van der Waals surface area contributed by atoms with Crippen molar-refractivity contribution in [3.63, 3.8) is 0 Å². The average molecular weight is 418 g/mol. The van der Waals surface area contributed by atoms with Gasteiger partial charge in [-0.1, -0.05) is 29.8 Å². The van der Waals surface area contributed by atoms with Crippen molar-refractivity contribution >= 4 is 28.7 Å². The summed E-state index contributed by atoms with van der Waals surface area (Å²) in [4.78, 5) is 32.9. The third-order valence-electron chi connectivity index (χ3n) is 5.33. The Morgan fingerprint density at radius 1 is 1.10 bits per heavy atom. The standard InChI is InChI=1S/C20H24ClN5O3/c1-12-9-25(10-13(2)29-12)19-22-17-16(23(19)3)18(27)26(20(28)24(17)4)11-14-7-5-6-8-15(14)21/h5-8,12-13H,9-11H2,1-4H3/t12-,13-/m0/s1. The summed E-state index contributed by atoms with van der Waals surface area (Å²) >= 11 is 6.24. The monoisotopic (exact) mass is 417 g/mol. The number of anilines is 1. The number of halogens is 1. The van der Waals surface area contributed by atoms with Crippen molar-refractivity contribution in [1.82, 2.24) is 18.7 Å². The highest BCUT2D eigenvalue weighted by molar-refractivity contribution is 6.31. The fourth-order valence-corrected chi connectivity index (χ4v) is 4.19. The van der Waals surface area contributed by atoms with Gasteiger partial charge in [-0.2, -0.15) is 4.98 Å². The number of hydrogen-bond donors (Lipinski definition) is 0. The summed E-state index contributed by atoms with van der Waals surface area (Å²) in [6.07, 6.45) is 0.110. The molecule has 0 unspecified atom stereocenters. The Kier molecular flexibility index (Phi) is 5.00. The van der Waals surface area contributed by atoms with E-state index in [4.69, 9.17) is 16.3 Å². The van der Waals surface area contributed by atoms with Crippen LogP contribution in [0.3, 0.4) is 0 Å². The fraction of sp³-hybridized carbons (Fsp3) is 0.450. The van der Waals surface area contributed by atoms with Crippen molar-refractivity contribution in [3.8, 4) is 0 Å². The van der Waals surface area contributed by atoms with E-state index < -0.39 is 5.69 Å². The molecule has 154 valence electrons. The Hall–Kier alpha value is -2.58. The first-order valence-electron chi connectivity index (χ1n) is 9.58. The maximum Gasteiger partial charge on any atom is 0.332 e. The van der Waals surface area contributed by atoms with Crippen LogP contribution >= 0.6 is 11.6 Å². The molecule has 0 amide bonds. The van der Waals surface area contributed by atoms with E-state index in [1.165, 1.54) is 9.13 Å². The van der Waals surface area contributed by atoms with Gasteiger partial charge in [0, 0.05) is 32.2 Å². The minimum Gasteiger partial charge on any atom is -0.372 e. The maximum absolute atomic E-state index is 13.3. The molecule has 0 aliphatic carbocycles. The minimum absolute atomic E-state index is 0.0549. The average Bonchev–Trinajstić information content (AvgIpc) is 3.01. The molecule has 0 N–H and O–H groups in total. The molecule has 1 aliphatic rings. The smallest absolute Gasteiger partial charge is 0.332 e. The predicted octanol–water partition coefficient (Wildman–Crippen LogP) is 1.75. The predicted molar refractivity (Wildman–Crippen MR) is 113 cm³/mol. The van der Waals surface area contributed by atoms with E-state index in [9.17, 15) is 9.59 Å². The zero-order valence-corrected chi connectivity index (χ0v) is 17.7. The van der Waals surface area contributed by atoms with Gasteiger partial charge in [0.1, 0.15) is 0 Å². The van der Waals surface area contributed by atoms with Crippen LogP contribution in [0, 0.1) is 0 Å². The van der Waals surface area contributed by atoms with Crippen LogP contribution in [-0.4, -0.2) is 44.0 Å². The number of aryl methyl sites for hydroxylation is 2. The van der Waals surface area contributed by atoms with Gasteiger partial charge in [0.05, 0.1) is 18.8 Å². The van der Waals surface area contributed by atoms with E-state index in [2.05, 4.69) is 9.88 Å². The van der Waals surface area contributed by atoms with Crippen LogP contribution in [0.2, 0.25) is 5.02 Å². The van der Waals surface area contributed by atoms with E-state index in [-0.39, 0.29) is 24.3 Å². The van der Waals surface area contributed by atoms with Crippen LogP contribution in [0.25, 0.3) is 11.2 Å². The quantitative estimate of drug-likeness (QED) is 0.649. The first-order chi connectivity index (χ1) is 13.8. The Morgan fingerprint density at radius 2 is 1.76 bits per heavy atom. The minimum atomic E-state index is -0.421. The van der Waals surface area contributed by atoms with Gasteiger partial charge in [-0.25, -0.2) is 4.79 Å². The number of fused-ring (bicyclic) bond motifs is 1. The van der Waals surface area contributed by atoms with Gasteiger partial charge < -0.3 is 14.2 Å². The van der Waals surface area contributed by atoms with Gasteiger partial charge in [-0.15, -0.1) is 0 Å². The van der Waals surface area contributed by atoms with Crippen molar-refractivity contribution in [1.29, 1.82) is 0 Å². The van der Waals surface area contributed by atoms with Gasteiger partial charge in [0.2, 0.25) is 5.95 Å². The SMILES string of the molecule is C[C@H]1CN(c2nc3c(c(=O)n(Cc4ccccc4Cl)c(=O)n3C)n2C)C[C@H](C)O1. The molecule has 9 heteroatoms. The Morgan fingerprint density at radius 3 is 2.41 bits per heavy atom. The second-order valence-electron chi connectivity index (χ2n) is 7.63. The molecule has 1 aromatic carbocycles. The van der Waals surface area contributed by atoms with Gasteiger partial charge in [0.15, 0.2) is 11.2 Å². The van der Waals surface area contributed by atoms with Crippen molar-refractivity contribution in [2.24, 2.45) is 14.1 Å². The molecule has 1 fully saturated rings. The molecule has 1 aliphatic heterocycles. The molecular weight excluding hydrogens is 394 g/mol. The molecule has 4 rings (SSSR count). The highest BCUT2D eigenvalue weighted by Gasteiger charge is 2.27. The van der Waals surface area contributed by atoms with Gasteiger partial charge in [-0.3, -0.25) is 13.9 Å². The molecule has 8 nitrogen and oxygen atoms in total. The number of nitrogens with zero attached hydrogens (tertiary/aromatic N) is 5. The number of hydrogen-bond acceptors (Lipinski definition) is 5. The lowest BCUT2D eigenvalue weighted by atomic mass is 10.2. The summed E-state index contributed by atoms with van der Waals surface area (Å²) in [7, 11) is 3.44. The summed E-state index contributed by atoms with van der Waals surface area (Å²) in [5.74, 6) is 0.657. The summed E-state index contributed by atoms with van der Waals surface area (Å²) in [6, 6.07) is 7.20. The Labute approximate surface area is 172 Å². The van der Waals surface area contributed by atoms with Gasteiger partial charge >= 0.3 is 5.69 Å². The second-order valence-corrected chi connectivity index (χ2v) is 8.04. The van der Waals surface area contributed by atoms with Crippen LogP contribution in [0.4, 0.5) is 5.95 Å². The van der Waals surface area contributed by atoms with Crippen LogP contribution in [0.5, 0.6) is 0 Å². The molecule has 2 atom stereocenters. The Bertz CT molecular complexity index is 1190. The van der Waals surface area contributed by atoms with E-state index in [1.807, 2.05) is 32.0 Å². The van der Waals surface area contributed by atoms with E-state index >= 15 is 0 Å². The number of rotatable bonds is 3. The first kappa shape index (κ1) is 19.7. The van der Waals surface area contributed by atoms with Crippen LogP contribution in [0.15, 0.2) is 33.9 Å². The van der Waals surface area contributed by atoms with Gasteiger partial charge in [0.25, 0.3) is 5.56 Å². The molecular formula is C20H24ClN5O3. The molecule has 2 aromatic heterocycles. The van der Waals surface area contributed by atoms with Crippen LogP contribution in [0.1, 0.15) is 19.4 Å². The summed E-state index contributed by atoms with van der Waals surface area (Å²) in [5.41, 5.74) is 0.681. The van der Waals surface area contributed by atoms with Crippen molar-refractivity contribution < 1.29 is 4.74 Å². The summed E-state index contributed by atoms with van der Waals surface area (Å²) in [5, 5.41) is 0.517. The van der Waals surface area contributed by atoms with E-state index in [0.29, 0.717) is 40.8 Å². The zero-order chi connectivity index (χ0) is 20.9. The van der Waals surface area contributed by atoms with Crippen molar-refractivity contribution in [3.05, 3.63) is 55.7 Å². The highest BCUT2D eigenvalue weighted by Crippen LogP contribution is 2.22. The molecule has 3 heterocycles. The van der Waals surface area contributed by atoms with Crippen LogP contribution in [-0.2, 0) is 25.4 Å². The normalized spacial score (nSPS) is 19.8. The molecule has 0 spiro atoms. The molecule has 0 radical (unpaired) electrons. The number of benzene rings is 1. The van der Waals surface area contributed by atoms with Crippen LogP contribution < -0.4 is 16.1 Å². The molecule has 29 heavy (non-hydrogen) atoms. The van der Waals surface area contributed by atoms with E-state index in [1.54, 1.807) is 24.7 Å². The third-order valence-corrected chi connectivity index (χ3v) is 5.69. The maximum atomic E-state index is 13.3. The number of aromatic nitrogens is 4. The lowest BCUT2D eigenvalue weighted by Gasteiger charge is -2.35. The van der Waals surface area contributed by atoms with E-state index in [0.717, 1.165) is 0 Å². The molecule has 1 saturated heterocycles.